The maximum atomic E-state index is 13.6. The quantitative estimate of drug-likeness (QED) is 0.692. The van der Waals surface area contributed by atoms with Gasteiger partial charge in [-0.15, -0.1) is 11.6 Å². The first kappa shape index (κ1) is 15.6. The van der Waals surface area contributed by atoms with Crippen LogP contribution in [-0.4, -0.2) is 15.4 Å². The van der Waals surface area contributed by atoms with Crippen LogP contribution < -0.4 is 0 Å². The predicted octanol–water partition coefficient (Wildman–Crippen LogP) is 5.22. The van der Waals surface area contributed by atoms with E-state index in [-0.39, 0.29) is 5.02 Å². The van der Waals surface area contributed by atoms with Crippen LogP contribution in [0.3, 0.4) is 0 Å². The van der Waals surface area contributed by atoms with E-state index in [1.54, 1.807) is 6.07 Å². The Balaban J connectivity index is 2.70. The van der Waals surface area contributed by atoms with Crippen LogP contribution in [0.25, 0.3) is 11.0 Å². The van der Waals surface area contributed by atoms with Crippen LogP contribution >= 0.6 is 23.2 Å². The largest absolute Gasteiger partial charge is 0.325 e. The zero-order chi connectivity index (χ0) is 14.9. The van der Waals surface area contributed by atoms with Gasteiger partial charge in [0, 0.05) is 24.4 Å². The molecule has 20 heavy (non-hydrogen) atoms. The molecule has 0 spiro atoms. The summed E-state index contributed by atoms with van der Waals surface area (Å²) in [5.74, 6) is 1.42. The summed E-state index contributed by atoms with van der Waals surface area (Å²) in [7, 11) is 0. The average molecular weight is 317 g/mol. The topological polar surface area (TPSA) is 17.8 Å². The molecule has 1 aromatic heterocycles. The Morgan fingerprint density at radius 3 is 2.60 bits per heavy atom. The first-order chi connectivity index (χ1) is 9.49. The van der Waals surface area contributed by atoms with Crippen molar-refractivity contribution in [3.8, 4) is 0 Å². The first-order valence-electron chi connectivity index (χ1n) is 6.91. The summed E-state index contributed by atoms with van der Waals surface area (Å²) in [4.78, 5) is 4.54. The van der Waals surface area contributed by atoms with Gasteiger partial charge in [-0.25, -0.2) is 9.37 Å². The third kappa shape index (κ3) is 2.79. The van der Waals surface area contributed by atoms with Gasteiger partial charge < -0.3 is 4.57 Å². The molecule has 0 aliphatic rings. The Bertz CT molecular complexity index is 607. The third-order valence-electron chi connectivity index (χ3n) is 3.64. The van der Waals surface area contributed by atoms with Crippen LogP contribution in [0.2, 0.25) is 5.02 Å². The lowest BCUT2D eigenvalue weighted by molar-refractivity contribution is 0.365. The summed E-state index contributed by atoms with van der Waals surface area (Å²) < 4.78 is 15.8. The minimum atomic E-state index is -0.432. The molecule has 0 aliphatic carbocycles. The minimum absolute atomic E-state index is 0.134. The van der Waals surface area contributed by atoms with Gasteiger partial charge in [-0.3, -0.25) is 0 Å². The van der Waals surface area contributed by atoms with Crippen molar-refractivity contribution in [3.63, 3.8) is 0 Å². The van der Waals surface area contributed by atoms with Gasteiger partial charge in [-0.2, -0.15) is 0 Å². The lowest BCUT2D eigenvalue weighted by atomic mass is 10.0. The van der Waals surface area contributed by atoms with E-state index in [2.05, 4.69) is 30.3 Å². The molecule has 2 aromatic rings. The third-order valence-corrected chi connectivity index (χ3v) is 4.12. The zero-order valence-corrected chi connectivity index (χ0v) is 13.5. The molecule has 0 amide bonds. The summed E-state index contributed by atoms with van der Waals surface area (Å²) in [6.45, 7) is 6.50. The van der Waals surface area contributed by atoms with Crippen molar-refractivity contribution in [2.24, 2.45) is 5.92 Å². The highest BCUT2D eigenvalue weighted by Crippen LogP contribution is 2.31. The van der Waals surface area contributed by atoms with Crippen LogP contribution in [-0.2, 0) is 6.42 Å². The van der Waals surface area contributed by atoms with E-state index in [0.29, 0.717) is 29.8 Å². The van der Waals surface area contributed by atoms with Gasteiger partial charge in [-0.1, -0.05) is 32.4 Å². The molecule has 5 heteroatoms. The molecule has 2 nitrogen and oxygen atoms in total. The second-order valence-electron chi connectivity index (χ2n) is 5.31. The highest BCUT2D eigenvalue weighted by molar-refractivity contribution is 6.31. The Labute approximate surface area is 128 Å². The number of hydrogen-bond donors (Lipinski definition) is 0. The highest BCUT2D eigenvalue weighted by atomic mass is 35.5. The van der Waals surface area contributed by atoms with E-state index in [9.17, 15) is 4.39 Å². The van der Waals surface area contributed by atoms with Crippen LogP contribution in [0.4, 0.5) is 4.39 Å². The van der Waals surface area contributed by atoms with Crippen molar-refractivity contribution >= 4 is 34.2 Å². The Kier molecular flexibility index (Phi) is 4.92. The first-order valence-corrected chi connectivity index (χ1v) is 7.82. The van der Waals surface area contributed by atoms with Crippen LogP contribution in [0, 0.1) is 11.7 Å². The predicted molar refractivity (Wildman–Crippen MR) is 83.3 cm³/mol. The van der Waals surface area contributed by atoms with E-state index in [1.165, 1.54) is 6.07 Å². The molecular formula is C15H19Cl2FN2. The number of rotatable bonds is 5. The Morgan fingerprint density at radius 2 is 2.05 bits per heavy atom. The van der Waals surface area contributed by atoms with Gasteiger partial charge >= 0.3 is 0 Å². The normalized spacial score (nSPS) is 13.3. The summed E-state index contributed by atoms with van der Waals surface area (Å²) in [6, 6.07) is 3.38. The number of aromatic nitrogens is 2. The van der Waals surface area contributed by atoms with Crippen molar-refractivity contribution in [1.29, 1.82) is 0 Å². The summed E-state index contributed by atoms with van der Waals surface area (Å²) in [5.41, 5.74) is 1.53. The van der Waals surface area contributed by atoms with Crippen molar-refractivity contribution in [3.05, 3.63) is 28.8 Å². The fraction of sp³-hybridized carbons (Fsp3) is 0.533. The molecule has 0 aliphatic heterocycles. The van der Waals surface area contributed by atoms with E-state index in [4.69, 9.17) is 23.2 Å². The molecule has 1 unspecified atom stereocenters. The lowest BCUT2D eigenvalue weighted by Gasteiger charge is -2.24. The van der Waals surface area contributed by atoms with E-state index in [1.807, 2.05) is 0 Å². The fourth-order valence-electron chi connectivity index (χ4n) is 2.72. The van der Waals surface area contributed by atoms with E-state index in [0.717, 1.165) is 17.8 Å². The zero-order valence-electron chi connectivity index (χ0n) is 12.0. The molecule has 110 valence electrons. The average Bonchev–Trinajstić information content (AvgIpc) is 2.70. The number of nitrogens with zero attached hydrogens (tertiary/aromatic N) is 2. The molecule has 2 rings (SSSR count). The van der Waals surface area contributed by atoms with Crippen LogP contribution in [0.15, 0.2) is 12.1 Å². The standard InChI is InChI=1S/C15H19Cl2FN2/c1-4-13(9(2)3)20-14-7-10(17)11(18)8-12(14)19-15(20)5-6-16/h7-9,13H,4-6H2,1-3H3. The maximum Gasteiger partial charge on any atom is 0.144 e. The molecular weight excluding hydrogens is 298 g/mol. The lowest BCUT2D eigenvalue weighted by Crippen LogP contribution is -2.17. The maximum absolute atomic E-state index is 13.6. The molecule has 0 saturated heterocycles. The van der Waals surface area contributed by atoms with Gasteiger partial charge in [0.1, 0.15) is 11.6 Å². The molecule has 0 radical (unpaired) electrons. The number of halogens is 3. The van der Waals surface area contributed by atoms with Gasteiger partial charge in [-0.05, 0) is 18.4 Å². The summed E-state index contributed by atoms with van der Waals surface area (Å²) in [5, 5.41) is 0.134. The molecule has 0 N–H and O–H groups in total. The highest BCUT2D eigenvalue weighted by Gasteiger charge is 2.21. The van der Waals surface area contributed by atoms with E-state index < -0.39 is 5.82 Å². The van der Waals surface area contributed by atoms with Crippen molar-refractivity contribution in [1.82, 2.24) is 9.55 Å². The Morgan fingerprint density at radius 1 is 1.35 bits per heavy atom. The number of benzene rings is 1. The number of imidazole rings is 1. The number of hydrogen-bond acceptors (Lipinski definition) is 1. The monoisotopic (exact) mass is 316 g/mol. The van der Waals surface area contributed by atoms with Gasteiger partial charge in [0.25, 0.3) is 0 Å². The van der Waals surface area contributed by atoms with Gasteiger partial charge in [0.05, 0.1) is 16.1 Å². The van der Waals surface area contributed by atoms with E-state index >= 15 is 0 Å². The number of alkyl halides is 1. The second kappa shape index (κ2) is 6.31. The number of fused-ring (bicyclic) bond motifs is 1. The molecule has 0 fully saturated rings. The van der Waals surface area contributed by atoms with Crippen LogP contribution in [0.1, 0.15) is 39.1 Å². The smallest absolute Gasteiger partial charge is 0.144 e. The SMILES string of the molecule is CCC(C(C)C)n1c(CCCl)nc2cc(F)c(Cl)cc21. The molecule has 0 bridgehead atoms. The van der Waals surface area contributed by atoms with Crippen LogP contribution in [0.5, 0.6) is 0 Å². The number of aryl methyl sites for hydroxylation is 1. The minimum Gasteiger partial charge on any atom is -0.325 e. The molecule has 1 heterocycles. The molecule has 0 saturated carbocycles. The van der Waals surface area contributed by atoms with Crippen molar-refractivity contribution in [2.45, 2.75) is 39.7 Å². The molecule has 1 atom stereocenters. The molecule has 1 aromatic carbocycles. The van der Waals surface area contributed by atoms with Crippen molar-refractivity contribution in [2.75, 3.05) is 5.88 Å². The van der Waals surface area contributed by atoms with Gasteiger partial charge in [0.2, 0.25) is 0 Å². The summed E-state index contributed by atoms with van der Waals surface area (Å²) in [6.07, 6.45) is 1.64. The summed E-state index contributed by atoms with van der Waals surface area (Å²) >= 11 is 11.8. The van der Waals surface area contributed by atoms with Crippen molar-refractivity contribution < 1.29 is 4.39 Å². The second-order valence-corrected chi connectivity index (χ2v) is 6.10. The fourth-order valence-corrected chi connectivity index (χ4v) is 3.05. The van der Waals surface area contributed by atoms with Gasteiger partial charge in [0.15, 0.2) is 0 Å². The Hall–Kier alpha value is -0.800.